The van der Waals surface area contributed by atoms with Crippen molar-refractivity contribution in [1.82, 2.24) is 14.5 Å². The van der Waals surface area contributed by atoms with Gasteiger partial charge >= 0.3 is 0 Å². The number of carbonyl (C=O) groups is 2. The molecule has 3 aliphatic heterocycles. The van der Waals surface area contributed by atoms with E-state index >= 15 is 0 Å². The number of ether oxygens (including phenoxy) is 3. The van der Waals surface area contributed by atoms with Gasteiger partial charge in [0.05, 0.1) is 26.4 Å². The normalized spacial score (nSPS) is 24.2. The highest BCUT2D eigenvalue weighted by Crippen LogP contribution is 2.34. The molecule has 12 heteroatoms. The van der Waals surface area contributed by atoms with E-state index in [-0.39, 0.29) is 37.4 Å². The molecule has 4 rings (SSSR count). The van der Waals surface area contributed by atoms with Crippen molar-refractivity contribution in [3.63, 3.8) is 0 Å². The van der Waals surface area contributed by atoms with Crippen LogP contribution in [0.3, 0.4) is 0 Å². The zero-order valence-electron chi connectivity index (χ0n) is 20.7. The summed E-state index contributed by atoms with van der Waals surface area (Å²) in [4.78, 5) is 30.0. The van der Waals surface area contributed by atoms with Gasteiger partial charge in [-0.1, -0.05) is 44.0 Å². The number of nitrogens with one attached hydrogen (secondary N) is 1. The summed E-state index contributed by atoms with van der Waals surface area (Å²) in [6, 6.07) is 5.02. The third-order valence-electron chi connectivity index (χ3n) is 7.07. The standard InChI is InChI=1S/C24H34ClN3O7S/c1-3-17(2)21(23(30)27-10-12-33-13-11-27)28-9-8-20(22(28)29)26-36(31,32)16-24(34-14-15-35-24)18-4-6-19(25)7-5-18/h4-7,17,20-21,26H,3,8-16H2,1-2H3/t17-,20-,21-/m0/s1. The fourth-order valence-corrected chi connectivity index (χ4v) is 6.66. The van der Waals surface area contributed by atoms with Crippen molar-refractivity contribution in [2.45, 2.75) is 44.6 Å². The zero-order valence-corrected chi connectivity index (χ0v) is 22.2. The van der Waals surface area contributed by atoms with E-state index in [1.54, 1.807) is 29.2 Å². The van der Waals surface area contributed by atoms with Crippen LogP contribution in [-0.2, 0) is 39.6 Å². The number of morpholine rings is 1. The molecule has 3 heterocycles. The summed E-state index contributed by atoms with van der Waals surface area (Å²) >= 11 is 5.98. The first-order valence-corrected chi connectivity index (χ1v) is 14.4. The first-order chi connectivity index (χ1) is 17.2. The van der Waals surface area contributed by atoms with Crippen LogP contribution >= 0.6 is 11.6 Å². The number of amides is 2. The lowest BCUT2D eigenvalue weighted by Gasteiger charge is -2.37. The highest BCUT2D eigenvalue weighted by Gasteiger charge is 2.47. The van der Waals surface area contributed by atoms with Crippen LogP contribution < -0.4 is 4.72 Å². The molecule has 1 aromatic carbocycles. The Morgan fingerprint density at radius 1 is 1.14 bits per heavy atom. The van der Waals surface area contributed by atoms with Crippen molar-refractivity contribution < 1.29 is 32.2 Å². The Kier molecular flexibility index (Phi) is 8.58. The summed E-state index contributed by atoms with van der Waals surface area (Å²) < 4.78 is 45.9. The minimum absolute atomic E-state index is 0.0758. The van der Waals surface area contributed by atoms with Gasteiger partial charge < -0.3 is 24.0 Å². The molecule has 0 aromatic heterocycles. The maximum Gasteiger partial charge on any atom is 0.245 e. The molecule has 36 heavy (non-hydrogen) atoms. The molecule has 0 spiro atoms. The van der Waals surface area contributed by atoms with E-state index < -0.39 is 33.6 Å². The Bertz CT molecular complexity index is 1040. The topological polar surface area (TPSA) is 114 Å². The minimum Gasteiger partial charge on any atom is -0.378 e. The monoisotopic (exact) mass is 543 g/mol. The quantitative estimate of drug-likeness (QED) is 0.500. The Hall–Kier alpha value is -1.76. The van der Waals surface area contributed by atoms with Gasteiger partial charge in [-0.2, -0.15) is 0 Å². The molecule has 0 unspecified atom stereocenters. The highest BCUT2D eigenvalue weighted by atomic mass is 35.5. The summed E-state index contributed by atoms with van der Waals surface area (Å²) in [6.07, 6.45) is 0.982. The molecular weight excluding hydrogens is 510 g/mol. The lowest BCUT2D eigenvalue weighted by molar-refractivity contribution is -0.149. The molecule has 2 amide bonds. The summed E-state index contributed by atoms with van der Waals surface area (Å²) in [6.45, 7) is 6.60. The molecule has 1 N–H and O–H groups in total. The van der Waals surface area contributed by atoms with Gasteiger partial charge in [0, 0.05) is 30.2 Å². The lowest BCUT2D eigenvalue weighted by atomic mass is 9.96. The minimum atomic E-state index is -4.01. The number of likely N-dealkylation sites (tertiary alicyclic amines) is 1. The van der Waals surface area contributed by atoms with Gasteiger partial charge in [0.15, 0.2) is 0 Å². The summed E-state index contributed by atoms with van der Waals surface area (Å²) in [7, 11) is -4.01. The molecule has 3 saturated heterocycles. The van der Waals surface area contributed by atoms with E-state index in [9.17, 15) is 18.0 Å². The van der Waals surface area contributed by atoms with Gasteiger partial charge in [-0.15, -0.1) is 0 Å². The van der Waals surface area contributed by atoms with Gasteiger partial charge in [0.25, 0.3) is 0 Å². The summed E-state index contributed by atoms with van der Waals surface area (Å²) in [5.41, 5.74) is 0.530. The van der Waals surface area contributed by atoms with E-state index in [1.807, 2.05) is 13.8 Å². The van der Waals surface area contributed by atoms with Gasteiger partial charge in [-0.05, 0) is 24.5 Å². The van der Waals surface area contributed by atoms with Crippen molar-refractivity contribution in [2.75, 3.05) is 51.8 Å². The van der Waals surface area contributed by atoms with Crippen LogP contribution in [0.5, 0.6) is 0 Å². The fourth-order valence-electron chi connectivity index (χ4n) is 4.97. The SMILES string of the molecule is CC[C@H](C)[C@@H](C(=O)N1CCOCC1)N1CC[C@H](NS(=O)(=O)CC2(c3ccc(Cl)cc3)OCCO2)C1=O. The maximum absolute atomic E-state index is 13.4. The number of sulfonamides is 1. The second-order valence-corrected chi connectivity index (χ2v) is 11.7. The van der Waals surface area contributed by atoms with Crippen LogP contribution in [0, 0.1) is 5.92 Å². The Morgan fingerprint density at radius 3 is 2.39 bits per heavy atom. The molecule has 10 nitrogen and oxygen atoms in total. The van der Waals surface area contributed by atoms with Crippen molar-refractivity contribution in [2.24, 2.45) is 5.92 Å². The number of benzene rings is 1. The first kappa shape index (κ1) is 27.3. The molecule has 0 aliphatic carbocycles. The van der Waals surface area contributed by atoms with E-state index in [4.69, 9.17) is 25.8 Å². The van der Waals surface area contributed by atoms with E-state index in [2.05, 4.69) is 4.72 Å². The van der Waals surface area contributed by atoms with Crippen molar-refractivity contribution in [3.8, 4) is 0 Å². The average molecular weight is 544 g/mol. The fraction of sp³-hybridized carbons (Fsp3) is 0.667. The Labute approximate surface area is 217 Å². The molecule has 3 atom stereocenters. The van der Waals surface area contributed by atoms with Crippen LogP contribution in [0.1, 0.15) is 32.3 Å². The van der Waals surface area contributed by atoms with Crippen molar-refractivity contribution >= 4 is 33.4 Å². The third kappa shape index (κ3) is 5.87. The first-order valence-electron chi connectivity index (χ1n) is 12.4. The van der Waals surface area contributed by atoms with E-state index in [0.29, 0.717) is 49.9 Å². The molecule has 200 valence electrons. The van der Waals surface area contributed by atoms with E-state index in [0.717, 1.165) is 0 Å². The van der Waals surface area contributed by atoms with Gasteiger partial charge in [0.1, 0.15) is 17.8 Å². The Morgan fingerprint density at radius 2 is 1.78 bits per heavy atom. The average Bonchev–Trinajstić information content (AvgIpc) is 3.47. The number of rotatable bonds is 9. The Balaban J connectivity index is 1.48. The molecule has 1 aromatic rings. The van der Waals surface area contributed by atoms with Gasteiger partial charge in [0.2, 0.25) is 27.6 Å². The second-order valence-electron chi connectivity index (χ2n) is 9.47. The molecule has 0 radical (unpaired) electrons. The summed E-state index contributed by atoms with van der Waals surface area (Å²) in [5.74, 6) is -2.57. The maximum atomic E-state index is 13.4. The smallest absolute Gasteiger partial charge is 0.245 e. The number of halogens is 1. The number of carbonyl (C=O) groups excluding carboxylic acids is 2. The largest absolute Gasteiger partial charge is 0.378 e. The number of nitrogens with zero attached hydrogens (tertiary/aromatic N) is 2. The van der Waals surface area contributed by atoms with Crippen molar-refractivity contribution in [1.29, 1.82) is 0 Å². The van der Waals surface area contributed by atoms with Crippen LogP contribution in [0.15, 0.2) is 24.3 Å². The highest BCUT2D eigenvalue weighted by molar-refractivity contribution is 7.89. The molecule has 0 saturated carbocycles. The third-order valence-corrected chi connectivity index (χ3v) is 8.73. The predicted molar refractivity (Wildman–Crippen MR) is 133 cm³/mol. The lowest BCUT2D eigenvalue weighted by Crippen LogP contribution is -2.56. The second kappa shape index (κ2) is 11.3. The molecule has 3 aliphatic rings. The molecular formula is C24H34ClN3O7S. The number of hydrogen-bond acceptors (Lipinski definition) is 7. The van der Waals surface area contributed by atoms with Crippen LogP contribution in [0.2, 0.25) is 5.02 Å². The molecule has 3 fully saturated rings. The van der Waals surface area contributed by atoms with E-state index in [1.165, 1.54) is 4.90 Å². The van der Waals surface area contributed by atoms with Gasteiger partial charge in [-0.25, -0.2) is 13.1 Å². The molecule has 0 bridgehead atoms. The van der Waals surface area contributed by atoms with Crippen LogP contribution in [0.25, 0.3) is 0 Å². The summed E-state index contributed by atoms with van der Waals surface area (Å²) in [5, 5.41) is 0.506. The predicted octanol–water partition coefficient (Wildman–Crippen LogP) is 1.33. The van der Waals surface area contributed by atoms with Gasteiger partial charge in [-0.3, -0.25) is 9.59 Å². The zero-order chi connectivity index (χ0) is 25.9. The number of hydrogen-bond donors (Lipinski definition) is 1. The van der Waals surface area contributed by atoms with Crippen molar-refractivity contribution in [3.05, 3.63) is 34.9 Å². The van der Waals surface area contributed by atoms with Crippen LogP contribution in [-0.4, -0.2) is 93.9 Å². The van der Waals surface area contributed by atoms with Crippen LogP contribution in [0.4, 0.5) is 0 Å².